The number of Topliss-reactive ketones (excluding diaryl/α,β-unsaturated/α-hetero) is 1. The number of hydrogen-bond donors (Lipinski definition) is 0. The highest BCUT2D eigenvalue weighted by molar-refractivity contribution is 5.98. The lowest BCUT2D eigenvalue weighted by atomic mass is 9.88. The van der Waals surface area contributed by atoms with Gasteiger partial charge in [0.05, 0.1) is 13.5 Å². The number of amides is 1. The Morgan fingerprint density at radius 2 is 1.62 bits per heavy atom. The van der Waals surface area contributed by atoms with Gasteiger partial charge in [0, 0.05) is 24.6 Å². The summed E-state index contributed by atoms with van der Waals surface area (Å²) in [5.41, 5.74) is 1.75. The molecule has 0 atom stereocenters. The van der Waals surface area contributed by atoms with Gasteiger partial charge in [-0.25, -0.2) is 0 Å². The van der Waals surface area contributed by atoms with Crippen LogP contribution in [0.4, 0.5) is 0 Å². The monoisotopic (exact) mass is 387 g/mol. The molecule has 0 unspecified atom stereocenters. The van der Waals surface area contributed by atoms with Crippen molar-refractivity contribution in [1.29, 1.82) is 0 Å². The number of piperidine rings is 1. The molecular weight excluding hydrogens is 362 g/mol. The molecule has 29 heavy (non-hydrogen) atoms. The molecule has 0 N–H and O–H groups in total. The van der Waals surface area contributed by atoms with Gasteiger partial charge in [-0.1, -0.05) is 42.5 Å². The summed E-state index contributed by atoms with van der Waals surface area (Å²) in [5.74, 6) is 1.02. The maximum atomic E-state index is 12.7. The van der Waals surface area contributed by atoms with E-state index in [1.807, 2.05) is 47.4 Å². The standard InChI is InChI=1S/C25H25NO3/c1-29-23-10-8-20(9-11-23)25(28)21-12-14-26(15-13-21)24(27)17-18-6-7-19-4-2-3-5-22(19)16-18/h2-11,16,21H,12-15,17H2,1H3. The third kappa shape index (κ3) is 4.32. The summed E-state index contributed by atoms with van der Waals surface area (Å²) in [5, 5.41) is 2.34. The number of nitrogens with zero attached hydrogens (tertiary/aromatic N) is 1. The summed E-state index contributed by atoms with van der Waals surface area (Å²) in [4.78, 5) is 27.4. The van der Waals surface area contributed by atoms with Gasteiger partial charge in [-0.3, -0.25) is 9.59 Å². The van der Waals surface area contributed by atoms with E-state index in [0.717, 1.165) is 16.7 Å². The van der Waals surface area contributed by atoms with Gasteiger partial charge in [-0.05, 0) is 53.4 Å². The van der Waals surface area contributed by atoms with E-state index in [4.69, 9.17) is 4.74 Å². The molecule has 0 aromatic heterocycles. The molecule has 0 saturated carbocycles. The van der Waals surface area contributed by atoms with Gasteiger partial charge in [0.1, 0.15) is 5.75 Å². The summed E-state index contributed by atoms with van der Waals surface area (Å²) < 4.78 is 5.15. The zero-order valence-electron chi connectivity index (χ0n) is 16.6. The average molecular weight is 387 g/mol. The van der Waals surface area contributed by atoms with E-state index < -0.39 is 0 Å². The van der Waals surface area contributed by atoms with E-state index in [1.54, 1.807) is 7.11 Å². The maximum absolute atomic E-state index is 12.7. The third-order valence-corrected chi connectivity index (χ3v) is 5.76. The molecule has 3 aromatic carbocycles. The highest BCUT2D eigenvalue weighted by Gasteiger charge is 2.28. The first kappa shape index (κ1) is 19.2. The molecule has 1 heterocycles. The minimum Gasteiger partial charge on any atom is -0.497 e. The van der Waals surface area contributed by atoms with Crippen molar-refractivity contribution >= 4 is 22.5 Å². The molecule has 148 valence electrons. The second kappa shape index (κ2) is 8.48. The van der Waals surface area contributed by atoms with Crippen molar-refractivity contribution in [3.05, 3.63) is 77.9 Å². The minimum absolute atomic E-state index is 0.0203. The first-order valence-corrected chi connectivity index (χ1v) is 10.1. The van der Waals surface area contributed by atoms with Gasteiger partial charge in [0.2, 0.25) is 5.91 Å². The van der Waals surface area contributed by atoms with Gasteiger partial charge >= 0.3 is 0 Å². The average Bonchev–Trinajstić information content (AvgIpc) is 2.78. The molecule has 1 fully saturated rings. The van der Waals surface area contributed by atoms with Crippen LogP contribution >= 0.6 is 0 Å². The van der Waals surface area contributed by atoms with Gasteiger partial charge in [0.15, 0.2) is 5.78 Å². The van der Waals surface area contributed by atoms with E-state index in [0.29, 0.717) is 37.9 Å². The Labute approximate surface area is 171 Å². The van der Waals surface area contributed by atoms with Gasteiger partial charge in [-0.2, -0.15) is 0 Å². The molecule has 0 aliphatic carbocycles. The fourth-order valence-electron chi connectivity index (χ4n) is 4.02. The van der Waals surface area contributed by atoms with E-state index in [1.165, 1.54) is 5.39 Å². The number of likely N-dealkylation sites (tertiary alicyclic amines) is 1. The van der Waals surface area contributed by atoms with E-state index >= 15 is 0 Å². The SMILES string of the molecule is COc1ccc(C(=O)C2CCN(C(=O)Cc3ccc4ccccc4c3)CC2)cc1. The van der Waals surface area contributed by atoms with Crippen molar-refractivity contribution < 1.29 is 14.3 Å². The molecule has 1 saturated heterocycles. The number of fused-ring (bicyclic) bond motifs is 1. The fourth-order valence-corrected chi connectivity index (χ4v) is 4.02. The van der Waals surface area contributed by atoms with Crippen LogP contribution in [0.15, 0.2) is 66.7 Å². The molecule has 1 amide bonds. The molecule has 3 aromatic rings. The molecule has 4 heteroatoms. The zero-order chi connectivity index (χ0) is 20.2. The fraction of sp³-hybridized carbons (Fsp3) is 0.280. The molecule has 1 aliphatic rings. The quantitative estimate of drug-likeness (QED) is 0.605. The molecule has 4 nitrogen and oxygen atoms in total. The number of methoxy groups -OCH3 is 1. The molecule has 0 bridgehead atoms. The van der Waals surface area contributed by atoms with Crippen molar-refractivity contribution in [2.24, 2.45) is 5.92 Å². The van der Waals surface area contributed by atoms with Crippen LogP contribution in [-0.4, -0.2) is 36.8 Å². The topological polar surface area (TPSA) is 46.6 Å². The maximum Gasteiger partial charge on any atom is 0.226 e. The predicted molar refractivity (Wildman–Crippen MR) is 114 cm³/mol. The zero-order valence-corrected chi connectivity index (χ0v) is 16.6. The summed E-state index contributed by atoms with van der Waals surface area (Å²) in [6.45, 7) is 1.28. The van der Waals surface area contributed by atoms with Crippen LogP contribution in [0.1, 0.15) is 28.8 Å². The van der Waals surface area contributed by atoms with Crippen molar-refractivity contribution in [1.82, 2.24) is 4.90 Å². The largest absolute Gasteiger partial charge is 0.497 e. The first-order chi connectivity index (χ1) is 14.1. The van der Waals surface area contributed by atoms with Crippen LogP contribution in [0, 0.1) is 5.92 Å². The Kier molecular flexibility index (Phi) is 5.61. The second-order valence-electron chi connectivity index (χ2n) is 7.61. The predicted octanol–water partition coefficient (Wildman–Crippen LogP) is 4.51. The summed E-state index contributed by atoms with van der Waals surface area (Å²) in [7, 11) is 1.61. The highest BCUT2D eigenvalue weighted by Crippen LogP contribution is 2.24. The van der Waals surface area contributed by atoms with Crippen LogP contribution in [0.5, 0.6) is 5.75 Å². The number of ketones is 1. The Bertz CT molecular complexity index is 1020. The molecule has 1 aliphatic heterocycles. The number of carbonyl (C=O) groups excluding carboxylic acids is 2. The Morgan fingerprint density at radius 1 is 0.931 bits per heavy atom. The Morgan fingerprint density at radius 3 is 2.31 bits per heavy atom. The Hall–Kier alpha value is -3.14. The van der Waals surface area contributed by atoms with Crippen molar-refractivity contribution in [2.75, 3.05) is 20.2 Å². The van der Waals surface area contributed by atoms with Crippen LogP contribution in [-0.2, 0) is 11.2 Å². The normalized spacial score (nSPS) is 14.7. The minimum atomic E-state index is -0.0203. The van der Waals surface area contributed by atoms with Crippen LogP contribution in [0.3, 0.4) is 0 Å². The molecule has 0 spiro atoms. The van der Waals surface area contributed by atoms with E-state index in [9.17, 15) is 9.59 Å². The number of ether oxygens (including phenoxy) is 1. The summed E-state index contributed by atoms with van der Waals surface area (Å²) in [6.07, 6.45) is 1.84. The van der Waals surface area contributed by atoms with Crippen molar-refractivity contribution in [3.63, 3.8) is 0 Å². The lowest BCUT2D eigenvalue weighted by Gasteiger charge is -2.31. The molecule has 4 rings (SSSR count). The van der Waals surface area contributed by atoms with Crippen molar-refractivity contribution in [2.45, 2.75) is 19.3 Å². The lowest BCUT2D eigenvalue weighted by molar-refractivity contribution is -0.131. The van der Waals surface area contributed by atoms with Crippen LogP contribution < -0.4 is 4.74 Å². The Balaban J connectivity index is 1.34. The summed E-state index contributed by atoms with van der Waals surface area (Å²) >= 11 is 0. The second-order valence-corrected chi connectivity index (χ2v) is 7.61. The van der Waals surface area contributed by atoms with E-state index in [-0.39, 0.29) is 17.6 Å². The van der Waals surface area contributed by atoms with E-state index in [2.05, 4.69) is 24.3 Å². The van der Waals surface area contributed by atoms with Crippen LogP contribution in [0.2, 0.25) is 0 Å². The summed E-state index contributed by atoms with van der Waals surface area (Å²) in [6, 6.07) is 21.6. The number of rotatable bonds is 5. The number of hydrogen-bond acceptors (Lipinski definition) is 3. The molecular formula is C25H25NO3. The smallest absolute Gasteiger partial charge is 0.226 e. The highest BCUT2D eigenvalue weighted by atomic mass is 16.5. The lowest BCUT2D eigenvalue weighted by Crippen LogP contribution is -2.41. The third-order valence-electron chi connectivity index (χ3n) is 5.76. The first-order valence-electron chi connectivity index (χ1n) is 10.1. The number of benzene rings is 3. The van der Waals surface area contributed by atoms with Gasteiger partial charge in [0.25, 0.3) is 0 Å². The van der Waals surface area contributed by atoms with Gasteiger partial charge < -0.3 is 9.64 Å². The van der Waals surface area contributed by atoms with Gasteiger partial charge in [-0.15, -0.1) is 0 Å². The number of carbonyl (C=O) groups is 2. The van der Waals surface area contributed by atoms with Crippen molar-refractivity contribution in [3.8, 4) is 5.75 Å². The molecule has 0 radical (unpaired) electrons. The van der Waals surface area contributed by atoms with Crippen LogP contribution in [0.25, 0.3) is 10.8 Å².